The molecule has 0 aromatic rings. The minimum atomic E-state index is -0.224. The van der Waals surface area contributed by atoms with E-state index < -0.39 is 0 Å². The molecular formula is C58H94O4. The number of rotatable bonds is 15. The van der Waals surface area contributed by atoms with E-state index in [4.69, 9.17) is 9.47 Å². The van der Waals surface area contributed by atoms with Gasteiger partial charge in [-0.05, 0) is 183 Å². The van der Waals surface area contributed by atoms with Gasteiger partial charge >= 0.3 is 11.9 Å². The Bertz CT molecular complexity index is 1540. The smallest absolute Gasteiger partial charge is 0.306 e. The molecule has 0 radical (unpaired) electrons. The fourth-order valence-electron chi connectivity index (χ4n) is 18.2. The third kappa shape index (κ3) is 8.86. The SMILES string of the molecule is CC(C)CCC[C@@H](C)[C@H]1CC[C@H]2[C@@H]3CC=C4C[C@@H](OC(=O)CCC(=O)O[C@H]5CC[C@@]6(C)C(=CC[C@H]7[C@@H]8CC[C@H]([C@H](C)CCCC(C)C)[C@@]8(C)CC[C@@H]76)C5)CC[C@]4(C)[C@H]3CC[C@]12C. The molecule has 16 atom stereocenters. The van der Waals surface area contributed by atoms with Gasteiger partial charge in [0, 0.05) is 12.8 Å². The quantitative estimate of drug-likeness (QED) is 0.122. The summed E-state index contributed by atoms with van der Waals surface area (Å²) < 4.78 is 12.3. The number of ether oxygens (including phenoxy) is 2. The number of carbonyl (C=O) groups is 2. The van der Waals surface area contributed by atoms with Crippen LogP contribution in [0, 0.1) is 92.7 Å². The van der Waals surface area contributed by atoms with E-state index in [2.05, 4.69) is 81.4 Å². The minimum absolute atomic E-state index is 0.0604. The van der Waals surface area contributed by atoms with Crippen LogP contribution in [0.1, 0.15) is 223 Å². The maximum Gasteiger partial charge on any atom is 0.306 e. The maximum atomic E-state index is 13.3. The van der Waals surface area contributed by atoms with Gasteiger partial charge in [0.05, 0.1) is 12.8 Å². The fraction of sp³-hybridized carbons (Fsp3) is 0.897. The molecule has 8 aliphatic carbocycles. The average molecular weight is 855 g/mol. The molecule has 0 aliphatic heterocycles. The summed E-state index contributed by atoms with van der Waals surface area (Å²) in [5.74, 6) is 9.52. The zero-order chi connectivity index (χ0) is 44.2. The number of carbonyl (C=O) groups excluding carboxylic acids is 2. The van der Waals surface area contributed by atoms with Gasteiger partial charge in [-0.1, -0.05) is 131 Å². The van der Waals surface area contributed by atoms with Crippen LogP contribution in [-0.2, 0) is 19.1 Å². The summed E-state index contributed by atoms with van der Waals surface area (Å²) in [6.45, 7) is 25.1. The third-order valence-electron chi connectivity index (χ3n) is 21.6. The Morgan fingerprint density at radius 2 is 0.935 bits per heavy atom. The number of allylic oxidation sites excluding steroid dienone is 2. The summed E-state index contributed by atoms with van der Waals surface area (Å²) in [5, 5.41) is 0. The second-order valence-corrected chi connectivity index (χ2v) is 25.8. The number of fused-ring (bicyclic) bond motifs is 10. The maximum absolute atomic E-state index is 13.3. The first kappa shape index (κ1) is 46.9. The molecule has 0 N–H and O–H groups in total. The highest BCUT2D eigenvalue weighted by molar-refractivity contribution is 5.77. The van der Waals surface area contributed by atoms with Gasteiger partial charge in [-0.15, -0.1) is 0 Å². The monoisotopic (exact) mass is 855 g/mol. The predicted molar refractivity (Wildman–Crippen MR) is 255 cm³/mol. The van der Waals surface area contributed by atoms with Gasteiger partial charge in [0.25, 0.3) is 0 Å². The highest BCUT2D eigenvalue weighted by atomic mass is 16.6. The normalized spacial score (nSPS) is 43.2. The Balaban J connectivity index is 0.787. The lowest BCUT2D eigenvalue weighted by Gasteiger charge is -2.58. The van der Waals surface area contributed by atoms with E-state index in [9.17, 15) is 9.59 Å². The van der Waals surface area contributed by atoms with E-state index in [1.54, 1.807) is 11.1 Å². The van der Waals surface area contributed by atoms with Gasteiger partial charge in [0.15, 0.2) is 0 Å². The van der Waals surface area contributed by atoms with E-state index >= 15 is 0 Å². The first-order valence-corrected chi connectivity index (χ1v) is 27.2. The van der Waals surface area contributed by atoms with Crippen LogP contribution < -0.4 is 0 Å². The molecule has 8 rings (SSSR count). The number of hydrogen-bond acceptors (Lipinski definition) is 4. The van der Waals surface area contributed by atoms with Gasteiger partial charge < -0.3 is 9.47 Å². The molecule has 6 fully saturated rings. The first-order chi connectivity index (χ1) is 29.5. The van der Waals surface area contributed by atoms with Crippen LogP contribution in [0.5, 0.6) is 0 Å². The van der Waals surface area contributed by atoms with Crippen molar-refractivity contribution in [2.24, 2.45) is 92.7 Å². The van der Waals surface area contributed by atoms with Crippen molar-refractivity contribution >= 4 is 11.9 Å². The average Bonchev–Trinajstić information content (AvgIpc) is 3.77. The first-order valence-electron chi connectivity index (χ1n) is 27.2. The molecule has 0 aromatic heterocycles. The second-order valence-electron chi connectivity index (χ2n) is 25.8. The zero-order valence-electron chi connectivity index (χ0n) is 41.8. The van der Waals surface area contributed by atoms with Gasteiger partial charge in [0.2, 0.25) is 0 Å². The lowest BCUT2D eigenvalue weighted by molar-refractivity contribution is -0.158. The third-order valence-corrected chi connectivity index (χ3v) is 21.6. The summed E-state index contributed by atoms with van der Waals surface area (Å²) in [6, 6.07) is 0. The van der Waals surface area contributed by atoms with Crippen molar-refractivity contribution in [3.05, 3.63) is 23.3 Å². The summed E-state index contributed by atoms with van der Waals surface area (Å²) in [5.41, 5.74) is 4.62. The molecule has 0 saturated heterocycles. The predicted octanol–water partition coefficient (Wildman–Crippen LogP) is 15.7. The Morgan fingerprint density at radius 1 is 0.532 bits per heavy atom. The van der Waals surface area contributed by atoms with Crippen LogP contribution in [0.4, 0.5) is 0 Å². The molecule has 0 bridgehead atoms. The van der Waals surface area contributed by atoms with Gasteiger partial charge in [-0.2, -0.15) is 0 Å². The number of esters is 2. The lowest BCUT2D eigenvalue weighted by atomic mass is 9.47. The van der Waals surface area contributed by atoms with Crippen LogP contribution in [0.15, 0.2) is 23.3 Å². The largest absolute Gasteiger partial charge is 0.462 e. The molecule has 350 valence electrons. The van der Waals surface area contributed by atoms with Gasteiger partial charge in [0.1, 0.15) is 12.2 Å². The summed E-state index contributed by atoms with van der Waals surface area (Å²) >= 11 is 0. The Hall–Kier alpha value is -1.58. The van der Waals surface area contributed by atoms with Crippen molar-refractivity contribution < 1.29 is 19.1 Å². The highest BCUT2D eigenvalue weighted by Crippen LogP contribution is 2.69. The van der Waals surface area contributed by atoms with Gasteiger partial charge in [-0.3, -0.25) is 9.59 Å². The van der Waals surface area contributed by atoms with Crippen LogP contribution in [0.25, 0.3) is 0 Å². The molecule has 0 unspecified atom stereocenters. The summed E-state index contributed by atoms with van der Waals surface area (Å²) in [4.78, 5) is 26.5. The molecule has 8 aliphatic rings. The van der Waals surface area contributed by atoms with E-state index in [1.807, 2.05) is 0 Å². The molecule has 0 heterocycles. The van der Waals surface area contributed by atoms with E-state index in [-0.39, 0.29) is 47.8 Å². The zero-order valence-corrected chi connectivity index (χ0v) is 41.8. The molecule has 6 saturated carbocycles. The molecule has 0 spiro atoms. The van der Waals surface area contributed by atoms with Crippen molar-refractivity contribution in [1.29, 1.82) is 0 Å². The fourth-order valence-corrected chi connectivity index (χ4v) is 18.2. The Morgan fingerprint density at radius 3 is 1.32 bits per heavy atom. The summed E-state index contributed by atoms with van der Waals surface area (Å²) in [7, 11) is 0. The van der Waals surface area contributed by atoms with Crippen LogP contribution in [-0.4, -0.2) is 24.1 Å². The molecule has 4 heteroatoms. The molecule has 4 nitrogen and oxygen atoms in total. The second kappa shape index (κ2) is 18.6. The molecule has 62 heavy (non-hydrogen) atoms. The number of hydrogen-bond donors (Lipinski definition) is 0. The van der Waals surface area contributed by atoms with Crippen molar-refractivity contribution in [1.82, 2.24) is 0 Å². The van der Waals surface area contributed by atoms with E-state index in [1.165, 1.54) is 103 Å². The van der Waals surface area contributed by atoms with Crippen LogP contribution in [0.2, 0.25) is 0 Å². The standard InChI is InChI=1S/C58H94O4/c1-37(2)13-11-15-39(5)47-21-23-49-45-19-17-41-35-43(27-31-55(41,7)51(45)29-33-57(47,49)9)61-53(59)25-26-54(60)62-44-28-32-56(8)42(36-44)18-20-46-50-24-22-48(40(6)16-12-14-38(3)4)58(50,10)34-30-52(46)56/h17-18,37-40,43-52H,11-16,19-36H2,1-10H3/t39-,40-,43+,44+,45+,46+,47-,48-,49+,50+,51+,52+,55+,56+,57-,58-/m1/s1. The molecular weight excluding hydrogens is 761 g/mol. The van der Waals surface area contributed by atoms with Crippen molar-refractivity contribution in [3.8, 4) is 0 Å². The minimum Gasteiger partial charge on any atom is -0.462 e. The summed E-state index contributed by atoms with van der Waals surface area (Å²) in [6.07, 6.45) is 33.2. The van der Waals surface area contributed by atoms with Crippen LogP contribution >= 0.6 is 0 Å². The van der Waals surface area contributed by atoms with Crippen molar-refractivity contribution in [2.45, 2.75) is 236 Å². The van der Waals surface area contributed by atoms with Crippen molar-refractivity contribution in [3.63, 3.8) is 0 Å². The topological polar surface area (TPSA) is 52.6 Å². The van der Waals surface area contributed by atoms with E-state index in [0.29, 0.717) is 10.8 Å². The Labute approximate surface area is 381 Å². The van der Waals surface area contributed by atoms with Crippen LogP contribution in [0.3, 0.4) is 0 Å². The lowest BCUT2D eigenvalue weighted by Crippen LogP contribution is -2.51. The van der Waals surface area contributed by atoms with E-state index in [0.717, 1.165) is 110 Å². The molecule has 0 amide bonds. The Kier molecular flexibility index (Phi) is 14.1. The molecule has 0 aromatic carbocycles. The highest BCUT2D eigenvalue weighted by Gasteiger charge is 2.61. The van der Waals surface area contributed by atoms with Gasteiger partial charge in [-0.25, -0.2) is 0 Å². The van der Waals surface area contributed by atoms with Crippen molar-refractivity contribution in [2.75, 3.05) is 0 Å².